The van der Waals surface area contributed by atoms with E-state index in [0.29, 0.717) is 5.39 Å². The molecule has 0 fully saturated rings. The van der Waals surface area contributed by atoms with Crippen LogP contribution in [0.1, 0.15) is 0 Å². The molecule has 84 valence electrons. The minimum atomic E-state index is -4.58. The third-order valence-corrected chi connectivity index (χ3v) is 3.33. The van der Waals surface area contributed by atoms with Gasteiger partial charge in [-0.3, -0.25) is 4.57 Å². The largest absolute Gasteiger partial charge is 0.507 e. The number of aromatic hydroxyl groups is 2. The van der Waals surface area contributed by atoms with E-state index in [1.807, 2.05) is 0 Å². The number of hydrogen-bond acceptors (Lipinski definition) is 3. The first kappa shape index (κ1) is 11.0. The highest BCUT2D eigenvalue weighted by Crippen LogP contribution is 2.41. The summed E-state index contributed by atoms with van der Waals surface area (Å²) in [7, 11) is -4.58. The van der Waals surface area contributed by atoms with E-state index in [-0.39, 0.29) is 11.1 Å². The van der Waals surface area contributed by atoms with Gasteiger partial charge in [0.1, 0.15) is 16.8 Å². The van der Waals surface area contributed by atoms with Gasteiger partial charge < -0.3 is 20.0 Å². The van der Waals surface area contributed by atoms with Gasteiger partial charge >= 0.3 is 7.60 Å². The SMILES string of the molecule is O=P(O)(O)c1c(O)ccc2c(O)cccc12. The van der Waals surface area contributed by atoms with Crippen molar-refractivity contribution in [3.8, 4) is 11.5 Å². The van der Waals surface area contributed by atoms with E-state index in [1.165, 1.54) is 24.3 Å². The number of phenolic OH excluding ortho intramolecular Hbond substituents is 2. The van der Waals surface area contributed by atoms with Gasteiger partial charge in [0.05, 0.1) is 0 Å². The number of rotatable bonds is 1. The monoisotopic (exact) mass is 240 g/mol. The van der Waals surface area contributed by atoms with Crippen molar-refractivity contribution in [3.05, 3.63) is 30.3 Å². The van der Waals surface area contributed by atoms with Crippen molar-refractivity contribution in [3.63, 3.8) is 0 Å². The van der Waals surface area contributed by atoms with Crippen molar-refractivity contribution < 1.29 is 24.6 Å². The Bertz CT molecular complexity index is 601. The van der Waals surface area contributed by atoms with Gasteiger partial charge in [0.25, 0.3) is 0 Å². The van der Waals surface area contributed by atoms with Crippen LogP contribution in [0.15, 0.2) is 30.3 Å². The zero-order chi connectivity index (χ0) is 11.9. The summed E-state index contributed by atoms with van der Waals surface area (Å²) >= 11 is 0. The topological polar surface area (TPSA) is 98.0 Å². The smallest absolute Gasteiger partial charge is 0.360 e. The van der Waals surface area contributed by atoms with Crippen molar-refractivity contribution in [1.29, 1.82) is 0 Å². The molecule has 5 nitrogen and oxygen atoms in total. The Balaban J connectivity index is 2.97. The highest BCUT2D eigenvalue weighted by Gasteiger charge is 2.25. The third-order valence-electron chi connectivity index (χ3n) is 2.28. The zero-order valence-electron chi connectivity index (χ0n) is 8.03. The maximum absolute atomic E-state index is 11.2. The van der Waals surface area contributed by atoms with Crippen molar-refractivity contribution in [2.45, 2.75) is 0 Å². The molecule has 0 atom stereocenters. The molecular weight excluding hydrogens is 231 g/mol. The summed E-state index contributed by atoms with van der Waals surface area (Å²) in [5.74, 6) is -0.571. The van der Waals surface area contributed by atoms with Gasteiger partial charge in [0.2, 0.25) is 0 Å². The first-order valence-corrected chi connectivity index (χ1v) is 6.02. The standard InChI is InChI=1S/C10H9O5P/c11-8-3-1-2-7-6(8)4-5-9(12)10(7)16(13,14)15/h1-5,11-12H,(H2,13,14,15). The van der Waals surface area contributed by atoms with E-state index in [4.69, 9.17) is 9.79 Å². The molecule has 0 unspecified atom stereocenters. The minimum absolute atomic E-state index is 0.0906. The van der Waals surface area contributed by atoms with Gasteiger partial charge in [0.15, 0.2) is 0 Å². The molecule has 2 aromatic rings. The van der Waals surface area contributed by atoms with Gasteiger partial charge in [-0.2, -0.15) is 0 Å². The Morgan fingerprint density at radius 2 is 1.56 bits per heavy atom. The average molecular weight is 240 g/mol. The van der Waals surface area contributed by atoms with E-state index in [9.17, 15) is 14.8 Å². The number of benzene rings is 2. The maximum Gasteiger partial charge on any atom is 0.360 e. The lowest BCUT2D eigenvalue weighted by Gasteiger charge is -2.10. The summed E-state index contributed by atoms with van der Waals surface area (Å²) in [4.78, 5) is 18.3. The highest BCUT2D eigenvalue weighted by molar-refractivity contribution is 7.61. The molecule has 6 heteroatoms. The first-order chi connectivity index (χ1) is 7.41. The molecule has 0 aromatic heterocycles. The summed E-state index contributed by atoms with van der Waals surface area (Å²) in [5.41, 5.74) is 0. The molecule has 0 saturated carbocycles. The summed E-state index contributed by atoms with van der Waals surface area (Å²) in [5, 5.41) is 19.0. The van der Waals surface area contributed by atoms with Crippen LogP contribution >= 0.6 is 7.60 Å². The Morgan fingerprint density at radius 1 is 0.875 bits per heavy atom. The Morgan fingerprint density at radius 3 is 2.19 bits per heavy atom. The van der Waals surface area contributed by atoms with Crippen LogP contribution in [-0.2, 0) is 4.57 Å². The fourth-order valence-corrected chi connectivity index (χ4v) is 2.50. The Labute approximate surface area is 90.8 Å². The van der Waals surface area contributed by atoms with Crippen molar-refractivity contribution in [1.82, 2.24) is 0 Å². The molecule has 2 aromatic carbocycles. The quantitative estimate of drug-likeness (QED) is 0.558. The summed E-state index contributed by atoms with van der Waals surface area (Å²) in [6, 6.07) is 6.85. The van der Waals surface area contributed by atoms with Crippen LogP contribution < -0.4 is 5.30 Å². The number of hydrogen-bond donors (Lipinski definition) is 4. The van der Waals surface area contributed by atoms with Crippen molar-refractivity contribution in [2.75, 3.05) is 0 Å². The van der Waals surface area contributed by atoms with Crippen LogP contribution in [0.3, 0.4) is 0 Å². The molecule has 0 saturated heterocycles. The molecule has 0 aliphatic heterocycles. The fourth-order valence-electron chi connectivity index (χ4n) is 1.62. The zero-order valence-corrected chi connectivity index (χ0v) is 8.93. The lowest BCUT2D eigenvalue weighted by Crippen LogP contribution is -2.06. The molecule has 0 aliphatic carbocycles. The van der Waals surface area contributed by atoms with E-state index < -0.39 is 18.6 Å². The molecular formula is C10H9O5P. The molecule has 0 spiro atoms. The van der Waals surface area contributed by atoms with Crippen molar-refractivity contribution >= 4 is 23.7 Å². The van der Waals surface area contributed by atoms with E-state index in [0.717, 1.165) is 6.07 Å². The normalized spacial score (nSPS) is 11.9. The molecule has 0 radical (unpaired) electrons. The van der Waals surface area contributed by atoms with Gasteiger partial charge in [-0.15, -0.1) is 0 Å². The Hall–Kier alpha value is -1.55. The van der Waals surface area contributed by atoms with Gasteiger partial charge in [-0.25, -0.2) is 0 Å². The fraction of sp³-hybridized carbons (Fsp3) is 0. The minimum Gasteiger partial charge on any atom is -0.507 e. The molecule has 4 N–H and O–H groups in total. The van der Waals surface area contributed by atoms with Crippen molar-refractivity contribution in [2.24, 2.45) is 0 Å². The third kappa shape index (κ3) is 1.65. The number of phenols is 2. The Kier molecular flexibility index (Phi) is 2.39. The first-order valence-electron chi connectivity index (χ1n) is 4.41. The van der Waals surface area contributed by atoms with E-state index in [2.05, 4.69) is 0 Å². The lowest BCUT2D eigenvalue weighted by molar-refractivity contribution is 0.385. The number of fused-ring (bicyclic) bond motifs is 1. The summed E-state index contributed by atoms with van der Waals surface area (Å²) in [6.45, 7) is 0. The van der Waals surface area contributed by atoms with Crippen LogP contribution in [0.4, 0.5) is 0 Å². The van der Waals surface area contributed by atoms with Gasteiger partial charge in [-0.1, -0.05) is 12.1 Å². The molecule has 16 heavy (non-hydrogen) atoms. The van der Waals surface area contributed by atoms with E-state index in [1.54, 1.807) is 0 Å². The van der Waals surface area contributed by atoms with Crippen LogP contribution in [0.2, 0.25) is 0 Å². The van der Waals surface area contributed by atoms with Crippen LogP contribution in [-0.4, -0.2) is 20.0 Å². The van der Waals surface area contributed by atoms with Crippen LogP contribution in [0, 0.1) is 0 Å². The second kappa shape index (κ2) is 3.49. The summed E-state index contributed by atoms with van der Waals surface area (Å²) < 4.78 is 11.2. The van der Waals surface area contributed by atoms with Gasteiger partial charge in [-0.05, 0) is 18.2 Å². The molecule has 0 bridgehead atoms. The average Bonchev–Trinajstić information content (AvgIpc) is 2.15. The highest BCUT2D eigenvalue weighted by atomic mass is 31.2. The predicted molar refractivity (Wildman–Crippen MR) is 59.0 cm³/mol. The summed E-state index contributed by atoms with van der Waals surface area (Å²) in [6.07, 6.45) is 0. The maximum atomic E-state index is 11.2. The molecule has 0 heterocycles. The van der Waals surface area contributed by atoms with Gasteiger partial charge in [0, 0.05) is 10.8 Å². The van der Waals surface area contributed by atoms with Crippen LogP contribution in [0.25, 0.3) is 10.8 Å². The van der Waals surface area contributed by atoms with Crippen LogP contribution in [0.5, 0.6) is 11.5 Å². The molecule has 2 rings (SSSR count). The second-order valence-electron chi connectivity index (χ2n) is 3.35. The van der Waals surface area contributed by atoms with E-state index >= 15 is 0 Å². The molecule has 0 amide bonds. The second-order valence-corrected chi connectivity index (χ2v) is 4.88. The predicted octanol–water partition coefficient (Wildman–Crippen LogP) is 1.05. The lowest BCUT2D eigenvalue weighted by atomic mass is 10.1. The molecule has 0 aliphatic rings.